The molecule has 9 heteroatoms. The number of piperidine rings is 2. The number of nitrogens with zero attached hydrogens (tertiary/aromatic N) is 1. The van der Waals surface area contributed by atoms with Gasteiger partial charge in [-0.2, -0.15) is 0 Å². The Labute approximate surface area is 167 Å². The van der Waals surface area contributed by atoms with Crippen molar-refractivity contribution in [3.05, 3.63) is 29.3 Å². The van der Waals surface area contributed by atoms with Crippen molar-refractivity contribution in [2.45, 2.75) is 43.7 Å². The molecule has 4 amide bonds. The molecule has 29 heavy (non-hydrogen) atoms. The summed E-state index contributed by atoms with van der Waals surface area (Å²) < 4.78 is 0. The zero-order chi connectivity index (χ0) is 20.6. The molecule has 0 bridgehead atoms. The third kappa shape index (κ3) is 3.75. The van der Waals surface area contributed by atoms with E-state index in [0.717, 1.165) is 18.0 Å². The van der Waals surface area contributed by atoms with Crippen LogP contribution in [0.25, 0.3) is 0 Å². The molecular formula is C20H24N4O5. The third-order valence-electron chi connectivity index (χ3n) is 5.89. The van der Waals surface area contributed by atoms with Gasteiger partial charge in [-0.05, 0) is 57.0 Å². The minimum atomic E-state index is -0.967. The number of anilines is 1. The number of fused-ring (bicyclic) bond motifs is 1. The van der Waals surface area contributed by atoms with E-state index in [9.17, 15) is 24.3 Å². The van der Waals surface area contributed by atoms with Crippen molar-refractivity contribution in [2.24, 2.45) is 0 Å². The first kappa shape index (κ1) is 19.5. The summed E-state index contributed by atoms with van der Waals surface area (Å²) >= 11 is 0. The van der Waals surface area contributed by atoms with Gasteiger partial charge in [-0.25, -0.2) is 0 Å². The number of nitrogens with one attached hydrogen (secondary N) is 3. The molecular weight excluding hydrogens is 376 g/mol. The van der Waals surface area contributed by atoms with Crippen LogP contribution in [0.5, 0.6) is 0 Å². The Morgan fingerprint density at radius 2 is 1.83 bits per heavy atom. The van der Waals surface area contributed by atoms with Crippen LogP contribution < -0.4 is 16.0 Å². The van der Waals surface area contributed by atoms with Crippen LogP contribution in [0.15, 0.2) is 18.2 Å². The highest BCUT2D eigenvalue weighted by Gasteiger charge is 2.44. The normalized spacial score (nSPS) is 23.8. The second-order valence-corrected chi connectivity index (χ2v) is 7.86. The van der Waals surface area contributed by atoms with Crippen LogP contribution in [0.4, 0.5) is 5.69 Å². The summed E-state index contributed by atoms with van der Waals surface area (Å²) in [5, 5.41) is 19.2. The Hall–Kier alpha value is -2.78. The van der Waals surface area contributed by atoms with Crippen molar-refractivity contribution in [2.75, 3.05) is 25.0 Å². The molecule has 1 unspecified atom stereocenters. The van der Waals surface area contributed by atoms with Crippen molar-refractivity contribution < 1.29 is 24.3 Å². The first-order valence-corrected chi connectivity index (χ1v) is 9.91. The molecule has 1 aromatic rings. The van der Waals surface area contributed by atoms with Gasteiger partial charge < -0.3 is 15.7 Å². The highest BCUT2D eigenvalue weighted by atomic mass is 16.3. The molecule has 3 aliphatic rings. The van der Waals surface area contributed by atoms with E-state index in [0.29, 0.717) is 31.5 Å². The lowest BCUT2D eigenvalue weighted by Crippen LogP contribution is -2.54. The average molecular weight is 400 g/mol. The number of imide groups is 2. The van der Waals surface area contributed by atoms with E-state index in [-0.39, 0.29) is 24.0 Å². The zero-order valence-corrected chi connectivity index (χ0v) is 16.0. The summed E-state index contributed by atoms with van der Waals surface area (Å²) in [6, 6.07) is 3.92. The van der Waals surface area contributed by atoms with Crippen LogP contribution in [0, 0.1) is 0 Å². The maximum Gasteiger partial charge on any atom is 0.262 e. The van der Waals surface area contributed by atoms with E-state index < -0.39 is 35.3 Å². The van der Waals surface area contributed by atoms with Crippen LogP contribution in [0.2, 0.25) is 0 Å². The molecule has 1 aromatic carbocycles. The van der Waals surface area contributed by atoms with Crippen LogP contribution in [0.1, 0.15) is 52.8 Å². The summed E-state index contributed by atoms with van der Waals surface area (Å²) in [6.45, 7) is 2.12. The minimum Gasteiger partial charge on any atom is -0.390 e. The summed E-state index contributed by atoms with van der Waals surface area (Å²) in [7, 11) is 0. The Morgan fingerprint density at radius 1 is 1.10 bits per heavy atom. The molecule has 3 heterocycles. The van der Waals surface area contributed by atoms with E-state index in [4.69, 9.17) is 0 Å². The van der Waals surface area contributed by atoms with Gasteiger partial charge in [0.25, 0.3) is 11.8 Å². The predicted octanol–water partition coefficient (Wildman–Crippen LogP) is 0.00430. The van der Waals surface area contributed by atoms with E-state index in [1.54, 1.807) is 18.2 Å². The van der Waals surface area contributed by atoms with Gasteiger partial charge >= 0.3 is 0 Å². The number of carbonyl (C=O) groups is 4. The zero-order valence-electron chi connectivity index (χ0n) is 16.0. The molecule has 2 saturated heterocycles. The molecule has 0 aliphatic carbocycles. The highest BCUT2D eigenvalue weighted by Crippen LogP contribution is 2.30. The Bertz CT molecular complexity index is 878. The summed E-state index contributed by atoms with van der Waals surface area (Å²) in [6.07, 6.45) is 2.21. The third-order valence-corrected chi connectivity index (χ3v) is 5.89. The lowest BCUT2D eigenvalue weighted by molar-refractivity contribution is -0.136. The quantitative estimate of drug-likeness (QED) is 0.513. The molecule has 0 saturated carbocycles. The number of amides is 4. The van der Waals surface area contributed by atoms with Crippen LogP contribution in [-0.4, -0.2) is 64.9 Å². The monoisotopic (exact) mass is 400 g/mol. The van der Waals surface area contributed by atoms with Crippen molar-refractivity contribution in [3.63, 3.8) is 0 Å². The number of benzene rings is 1. The summed E-state index contributed by atoms with van der Waals surface area (Å²) in [4.78, 5) is 49.9. The second kappa shape index (κ2) is 7.57. The molecule has 9 nitrogen and oxygen atoms in total. The molecule has 154 valence electrons. The first-order chi connectivity index (χ1) is 13.9. The predicted molar refractivity (Wildman–Crippen MR) is 103 cm³/mol. The van der Waals surface area contributed by atoms with Crippen LogP contribution >= 0.6 is 0 Å². The average Bonchev–Trinajstić information content (AvgIpc) is 2.93. The number of carbonyl (C=O) groups excluding carboxylic acids is 4. The SMILES string of the molecule is O=C1CCC(N2C(=O)c3ccc(NCCC4(O)CCNCC4)cc3C2=O)C(=O)N1. The largest absolute Gasteiger partial charge is 0.390 e. The van der Waals surface area contributed by atoms with E-state index in [1.807, 2.05) is 0 Å². The molecule has 0 radical (unpaired) electrons. The van der Waals surface area contributed by atoms with Crippen molar-refractivity contribution in [3.8, 4) is 0 Å². The van der Waals surface area contributed by atoms with Gasteiger partial charge in [-0.3, -0.25) is 29.4 Å². The number of aliphatic hydroxyl groups is 1. The topological polar surface area (TPSA) is 128 Å². The Balaban J connectivity index is 1.44. The highest BCUT2D eigenvalue weighted by molar-refractivity contribution is 6.23. The first-order valence-electron chi connectivity index (χ1n) is 9.91. The van der Waals surface area contributed by atoms with E-state index in [1.165, 1.54) is 0 Å². The lowest BCUT2D eigenvalue weighted by Gasteiger charge is -2.32. The minimum absolute atomic E-state index is 0.0923. The van der Waals surface area contributed by atoms with Gasteiger partial charge in [-0.15, -0.1) is 0 Å². The number of hydrogen-bond acceptors (Lipinski definition) is 7. The smallest absolute Gasteiger partial charge is 0.262 e. The molecule has 4 rings (SSSR count). The molecule has 1 atom stereocenters. The van der Waals surface area contributed by atoms with Gasteiger partial charge in [0.2, 0.25) is 11.8 Å². The lowest BCUT2D eigenvalue weighted by atomic mass is 9.89. The maximum atomic E-state index is 12.8. The second-order valence-electron chi connectivity index (χ2n) is 7.86. The summed E-state index contributed by atoms with van der Waals surface area (Å²) in [5.41, 5.74) is 0.476. The maximum absolute atomic E-state index is 12.8. The Kier molecular flexibility index (Phi) is 5.10. The Morgan fingerprint density at radius 3 is 2.55 bits per heavy atom. The van der Waals surface area contributed by atoms with Crippen molar-refractivity contribution in [1.82, 2.24) is 15.5 Å². The van der Waals surface area contributed by atoms with E-state index in [2.05, 4.69) is 16.0 Å². The molecule has 2 fully saturated rings. The van der Waals surface area contributed by atoms with Crippen molar-refractivity contribution in [1.29, 1.82) is 0 Å². The van der Waals surface area contributed by atoms with Crippen LogP contribution in [-0.2, 0) is 9.59 Å². The fourth-order valence-corrected chi connectivity index (χ4v) is 4.16. The standard InChI is InChI=1S/C20H24N4O5/c25-16-4-3-15(17(26)23-16)24-18(27)13-2-1-12(11-14(13)19(24)28)22-10-7-20(29)5-8-21-9-6-20/h1-2,11,15,21-22,29H,3-10H2,(H,23,25,26). The van der Waals surface area contributed by atoms with Crippen molar-refractivity contribution >= 4 is 29.3 Å². The molecule has 0 spiro atoms. The van der Waals surface area contributed by atoms with Gasteiger partial charge in [0.05, 0.1) is 16.7 Å². The van der Waals surface area contributed by atoms with Crippen LogP contribution in [0.3, 0.4) is 0 Å². The fourth-order valence-electron chi connectivity index (χ4n) is 4.16. The fraction of sp³-hybridized carbons (Fsp3) is 0.500. The van der Waals surface area contributed by atoms with Gasteiger partial charge in [0.15, 0.2) is 0 Å². The van der Waals surface area contributed by atoms with Gasteiger partial charge in [-0.1, -0.05) is 0 Å². The number of rotatable bonds is 5. The molecule has 3 aliphatic heterocycles. The molecule has 4 N–H and O–H groups in total. The molecule has 0 aromatic heterocycles. The van der Waals surface area contributed by atoms with E-state index >= 15 is 0 Å². The van der Waals surface area contributed by atoms with Gasteiger partial charge in [0, 0.05) is 18.7 Å². The van der Waals surface area contributed by atoms with Gasteiger partial charge in [0.1, 0.15) is 6.04 Å². The number of hydrogen-bond donors (Lipinski definition) is 4. The summed E-state index contributed by atoms with van der Waals surface area (Å²) in [5.74, 6) is -2.07.